The van der Waals surface area contributed by atoms with Crippen molar-refractivity contribution in [2.45, 2.75) is 206 Å². The Morgan fingerprint density at radius 3 is 1.48 bits per heavy atom. The molecule has 48 heavy (non-hydrogen) atoms. The number of ether oxygens (including phenoxy) is 1. The molecule has 0 bridgehead atoms. The Bertz CT molecular complexity index is 850. The van der Waals surface area contributed by atoms with Gasteiger partial charge in [0, 0.05) is 12.8 Å². The van der Waals surface area contributed by atoms with Crippen molar-refractivity contribution in [2.75, 3.05) is 0 Å². The van der Waals surface area contributed by atoms with E-state index in [2.05, 4.69) is 74.6 Å². The molecule has 0 saturated heterocycles. The SMILES string of the molecule is CC/C=C\C/C=C\C/C=C\C/C=C\CCCCCCCCCCCCC(=O)OC(/C=C\CCCCCCCC)CCCCCCC(=O)O. The zero-order valence-electron chi connectivity index (χ0n) is 31.5. The maximum Gasteiger partial charge on any atom is 0.306 e. The fourth-order valence-corrected chi connectivity index (χ4v) is 5.73. The predicted octanol–water partition coefficient (Wildman–Crippen LogP) is 14.1. The van der Waals surface area contributed by atoms with Crippen LogP contribution >= 0.6 is 0 Å². The van der Waals surface area contributed by atoms with E-state index in [0.29, 0.717) is 6.42 Å². The summed E-state index contributed by atoms with van der Waals surface area (Å²) in [5.41, 5.74) is 0. The largest absolute Gasteiger partial charge is 0.481 e. The number of carbonyl (C=O) groups excluding carboxylic acids is 1. The highest BCUT2D eigenvalue weighted by Gasteiger charge is 2.11. The molecule has 0 aliphatic rings. The lowest BCUT2D eigenvalue weighted by Crippen LogP contribution is -2.16. The van der Waals surface area contributed by atoms with Crippen LogP contribution in [0.3, 0.4) is 0 Å². The Hall–Kier alpha value is -2.36. The quantitative estimate of drug-likeness (QED) is 0.0410. The van der Waals surface area contributed by atoms with Gasteiger partial charge in [0.2, 0.25) is 0 Å². The van der Waals surface area contributed by atoms with Crippen LogP contribution in [0.4, 0.5) is 0 Å². The molecule has 0 aromatic rings. The molecule has 4 nitrogen and oxygen atoms in total. The van der Waals surface area contributed by atoms with Crippen molar-refractivity contribution in [3.05, 3.63) is 60.8 Å². The highest BCUT2D eigenvalue weighted by atomic mass is 16.5. The van der Waals surface area contributed by atoms with E-state index in [1.54, 1.807) is 0 Å². The van der Waals surface area contributed by atoms with Crippen molar-refractivity contribution < 1.29 is 19.4 Å². The first-order valence-corrected chi connectivity index (χ1v) is 20.3. The minimum Gasteiger partial charge on any atom is -0.481 e. The van der Waals surface area contributed by atoms with Crippen LogP contribution in [0, 0.1) is 0 Å². The molecule has 0 fully saturated rings. The van der Waals surface area contributed by atoms with Gasteiger partial charge in [-0.05, 0) is 83.1 Å². The summed E-state index contributed by atoms with van der Waals surface area (Å²) in [6, 6.07) is 0. The number of allylic oxidation sites excluding steroid dienone is 9. The second-order valence-corrected chi connectivity index (χ2v) is 13.4. The second-order valence-electron chi connectivity index (χ2n) is 13.4. The molecular weight excluding hydrogens is 592 g/mol. The molecule has 0 spiro atoms. The summed E-state index contributed by atoms with van der Waals surface area (Å²) in [6.45, 7) is 4.41. The molecule has 0 rings (SSSR count). The molecule has 1 atom stereocenters. The van der Waals surface area contributed by atoms with Gasteiger partial charge in [-0.2, -0.15) is 0 Å². The lowest BCUT2D eigenvalue weighted by molar-refractivity contribution is -0.147. The van der Waals surface area contributed by atoms with Gasteiger partial charge in [-0.3, -0.25) is 9.59 Å². The van der Waals surface area contributed by atoms with Gasteiger partial charge < -0.3 is 9.84 Å². The minimum absolute atomic E-state index is 0.0691. The average Bonchev–Trinajstić information content (AvgIpc) is 3.07. The summed E-state index contributed by atoms with van der Waals surface area (Å²) < 4.78 is 5.87. The number of carboxylic acids is 1. The number of aliphatic carboxylic acids is 1. The van der Waals surface area contributed by atoms with Crippen LogP contribution in [0.1, 0.15) is 200 Å². The van der Waals surface area contributed by atoms with E-state index in [4.69, 9.17) is 9.84 Å². The smallest absolute Gasteiger partial charge is 0.306 e. The van der Waals surface area contributed by atoms with Gasteiger partial charge in [0.15, 0.2) is 0 Å². The molecule has 1 N–H and O–H groups in total. The third-order valence-corrected chi connectivity index (χ3v) is 8.71. The standard InChI is InChI=1S/C44H76O4/c1-3-5-7-9-11-13-14-15-16-17-18-19-20-21-22-23-24-25-26-27-29-31-37-41-44(47)48-42(39-35-32-33-36-40-43(45)46)38-34-30-28-12-10-8-6-4-2/h5,7,11,13,15-16,18-19,34,38,42H,3-4,6,8-10,12,14,17,20-33,35-37,39-41H2,1-2H3,(H,45,46)/b7-5-,13-11-,16-15-,19-18-,38-34-. The summed E-state index contributed by atoms with van der Waals surface area (Å²) in [7, 11) is 0. The van der Waals surface area contributed by atoms with Gasteiger partial charge in [-0.25, -0.2) is 0 Å². The van der Waals surface area contributed by atoms with E-state index in [0.717, 1.165) is 77.0 Å². The van der Waals surface area contributed by atoms with Crippen molar-refractivity contribution in [3.8, 4) is 0 Å². The lowest BCUT2D eigenvalue weighted by Gasteiger charge is -2.15. The highest BCUT2D eigenvalue weighted by Crippen LogP contribution is 2.16. The lowest BCUT2D eigenvalue weighted by atomic mass is 10.0. The van der Waals surface area contributed by atoms with Crippen molar-refractivity contribution >= 4 is 11.9 Å². The Morgan fingerprint density at radius 2 is 0.938 bits per heavy atom. The number of unbranched alkanes of at least 4 members (excludes halogenated alkanes) is 19. The van der Waals surface area contributed by atoms with E-state index < -0.39 is 5.97 Å². The summed E-state index contributed by atoms with van der Waals surface area (Å²) >= 11 is 0. The molecule has 0 aliphatic heterocycles. The van der Waals surface area contributed by atoms with Crippen molar-refractivity contribution in [2.24, 2.45) is 0 Å². The number of hydrogen-bond donors (Lipinski definition) is 1. The van der Waals surface area contributed by atoms with Crippen LogP contribution < -0.4 is 0 Å². The van der Waals surface area contributed by atoms with Crippen LogP contribution in [0.15, 0.2) is 60.8 Å². The van der Waals surface area contributed by atoms with Crippen LogP contribution in [0.5, 0.6) is 0 Å². The van der Waals surface area contributed by atoms with Crippen LogP contribution in [-0.2, 0) is 14.3 Å². The molecule has 0 radical (unpaired) electrons. The molecule has 1 unspecified atom stereocenters. The van der Waals surface area contributed by atoms with Crippen LogP contribution in [-0.4, -0.2) is 23.1 Å². The molecule has 0 heterocycles. The van der Waals surface area contributed by atoms with Gasteiger partial charge in [0.05, 0.1) is 0 Å². The molecule has 0 aromatic heterocycles. The number of carbonyl (C=O) groups is 2. The van der Waals surface area contributed by atoms with Crippen LogP contribution in [0.25, 0.3) is 0 Å². The topological polar surface area (TPSA) is 63.6 Å². The third kappa shape index (κ3) is 38.1. The van der Waals surface area contributed by atoms with Crippen molar-refractivity contribution in [1.29, 1.82) is 0 Å². The average molecular weight is 669 g/mol. The molecule has 0 aliphatic carbocycles. The number of hydrogen-bond acceptors (Lipinski definition) is 3. The zero-order chi connectivity index (χ0) is 35.0. The van der Waals surface area contributed by atoms with Crippen molar-refractivity contribution in [1.82, 2.24) is 0 Å². The summed E-state index contributed by atoms with van der Waals surface area (Å²) in [5, 5.41) is 8.83. The summed E-state index contributed by atoms with van der Waals surface area (Å²) in [5.74, 6) is -0.792. The first kappa shape index (κ1) is 45.6. The van der Waals surface area contributed by atoms with E-state index in [1.807, 2.05) is 0 Å². The number of esters is 1. The monoisotopic (exact) mass is 669 g/mol. The van der Waals surface area contributed by atoms with E-state index >= 15 is 0 Å². The van der Waals surface area contributed by atoms with Gasteiger partial charge in [-0.1, -0.05) is 165 Å². The fourth-order valence-electron chi connectivity index (χ4n) is 5.73. The Labute approximate surface area is 297 Å². The first-order chi connectivity index (χ1) is 23.6. The number of carboxylic acid groups (broad SMARTS) is 1. The van der Waals surface area contributed by atoms with Gasteiger partial charge in [0.1, 0.15) is 6.10 Å². The molecular formula is C44H76O4. The van der Waals surface area contributed by atoms with Gasteiger partial charge >= 0.3 is 11.9 Å². The Balaban J connectivity index is 3.87. The Kier molecular flexibility index (Phi) is 37.2. The summed E-state index contributed by atoms with van der Waals surface area (Å²) in [6.07, 6.45) is 54.0. The zero-order valence-corrected chi connectivity index (χ0v) is 31.5. The minimum atomic E-state index is -0.723. The molecule has 276 valence electrons. The summed E-state index contributed by atoms with van der Waals surface area (Å²) in [4.78, 5) is 23.3. The van der Waals surface area contributed by atoms with E-state index in [9.17, 15) is 9.59 Å². The predicted molar refractivity (Wildman–Crippen MR) is 208 cm³/mol. The Morgan fingerprint density at radius 1 is 0.500 bits per heavy atom. The third-order valence-electron chi connectivity index (χ3n) is 8.71. The van der Waals surface area contributed by atoms with E-state index in [-0.39, 0.29) is 18.5 Å². The molecule has 0 saturated carbocycles. The van der Waals surface area contributed by atoms with Crippen molar-refractivity contribution in [3.63, 3.8) is 0 Å². The highest BCUT2D eigenvalue weighted by molar-refractivity contribution is 5.69. The van der Waals surface area contributed by atoms with Gasteiger partial charge in [0.25, 0.3) is 0 Å². The molecule has 4 heteroatoms. The molecule has 0 amide bonds. The second kappa shape index (κ2) is 39.1. The maximum atomic E-state index is 12.6. The van der Waals surface area contributed by atoms with Crippen LogP contribution in [0.2, 0.25) is 0 Å². The maximum absolute atomic E-state index is 12.6. The number of rotatable bonds is 36. The molecule has 0 aromatic carbocycles. The first-order valence-electron chi connectivity index (χ1n) is 20.3. The van der Waals surface area contributed by atoms with E-state index in [1.165, 1.54) is 96.3 Å². The fraction of sp³-hybridized carbons (Fsp3) is 0.727. The normalized spacial score (nSPS) is 12.9. The van der Waals surface area contributed by atoms with Gasteiger partial charge in [-0.15, -0.1) is 0 Å².